The molecule has 0 bridgehead atoms. The monoisotopic (exact) mass is 737 g/mol. The Hall–Kier alpha value is -7.89. The lowest BCUT2D eigenvalue weighted by Crippen LogP contribution is -2.00. The van der Waals surface area contributed by atoms with Crippen molar-refractivity contribution in [3.05, 3.63) is 188 Å². The maximum Gasteiger partial charge on any atom is 0.164 e. The maximum atomic E-state index is 5.16. The Morgan fingerprint density at radius 2 is 0.724 bits per heavy atom. The molecule has 0 aliphatic rings. The normalized spacial score (nSPS) is 12.1. The number of fused-ring (bicyclic) bond motifs is 15. The van der Waals surface area contributed by atoms with Crippen LogP contribution in [0.1, 0.15) is 0 Å². The van der Waals surface area contributed by atoms with E-state index in [4.69, 9.17) is 15.0 Å². The van der Waals surface area contributed by atoms with Crippen LogP contribution in [0.2, 0.25) is 0 Å². The minimum absolute atomic E-state index is 0.630. The van der Waals surface area contributed by atoms with Gasteiger partial charge in [-0.25, -0.2) is 15.0 Å². The molecular formula is C53H31N5. The van der Waals surface area contributed by atoms with Gasteiger partial charge < -0.3 is 8.80 Å². The first-order chi connectivity index (χ1) is 28.8. The minimum Gasteiger partial charge on any atom is -0.306 e. The number of rotatable bonds is 3. The number of hydrogen-bond acceptors (Lipinski definition) is 3. The van der Waals surface area contributed by atoms with Gasteiger partial charge in [0.2, 0.25) is 0 Å². The van der Waals surface area contributed by atoms with Crippen molar-refractivity contribution >= 4 is 87.0 Å². The van der Waals surface area contributed by atoms with E-state index in [1.165, 1.54) is 75.9 Å². The van der Waals surface area contributed by atoms with Gasteiger partial charge >= 0.3 is 0 Å². The molecule has 0 aliphatic heterocycles. The quantitative estimate of drug-likeness (QED) is 0.170. The van der Waals surface area contributed by atoms with E-state index in [1.54, 1.807) is 0 Å². The SMILES string of the molecule is c1ccc(-c2nc(-c3ccccc3)nc(-c3ccc4c5cccc6c5n(c4c3)c3c4ccccc4c4ccccc4c3c3cccc4c5ccccc5n6c43)n2)cc1. The molecule has 0 spiro atoms. The minimum atomic E-state index is 0.630. The predicted molar refractivity (Wildman–Crippen MR) is 241 cm³/mol. The van der Waals surface area contributed by atoms with Crippen molar-refractivity contribution in [3.63, 3.8) is 0 Å². The van der Waals surface area contributed by atoms with Gasteiger partial charge in [0.1, 0.15) is 0 Å². The highest BCUT2D eigenvalue weighted by Gasteiger charge is 2.22. The van der Waals surface area contributed by atoms with Gasteiger partial charge in [-0.15, -0.1) is 0 Å². The molecule has 0 saturated heterocycles. The van der Waals surface area contributed by atoms with Crippen molar-refractivity contribution in [2.45, 2.75) is 0 Å². The van der Waals surface area contributed by atoms with Crippen molar-refractivity contribution in [1.82, 2.24) is 23.8 Å². The fraction of sp³-hybridized carbons (Fsp3) is 0. The second kappa shape index (κ2) is 11.8. The second-order valence-corrected chi connectivity index (χ2v) is 15.1. The standard InChI is InChI=1S/C53H31N5/c1-3-15-32(16-4-1)51-54-52(33-17-5-2-6-18-33)56-53(55-51)34-29-30-38-42-25-14-28-45-49(42)58(46(38)31-34)50-40-23-10-8-20-36(40)35-19-7-9-22-39(35)47(50)43-26-13-24-41-37-21-11-12-27-44(37)57(45)48(41)43/h1-31H. The molecule has 13 aromatic rings. The van der Waals surface area contributed by atoms with Crippen LogP contribution in [-0.2, 0) is 0 Å². The van der Waals surface area contributed by atoms with Crippen molar-refractivity contribution in [2.75, 3.05) is 0 Å². The van der Waals surface area contributed by atoms with E-state index in [0.29, 0.717) is 17.5 Å². The molecule has 0 aliphatic carbocycles. The Kier molecular flexibility index (Phi) is 6.38. The maximum absolute atomic E-state index is 5.16. The second-order valence-electron chi connectivity index (χ2n) is 15.1. The van der Waals surface area contributed by atoms with E-state index in [2.05, 4.69) is 160 Å². The Balaban J connectivity index is 1.28. The molecule has 0 amide bonds. The summed E-state index contributed by atoms with van der Waals surface area (Å²) in [5, 5.41) is 12.2. The third kappa shape index (κ3) is 4.27. The van der Waals surface area contributed by atoms with Crippen LogP contribution < -0.4 is 0 Å². The first kappa shape index (κ1) is 31.3. The summed E-state index contributed by atoms with van der Waals surface area (Å²) in [6.45, 7) is 0. The van der Waals surface area contributed by atoms with Crippen molar-refractivity contribution in [3.8, 4) is 34.2 Å². The van der Waals surface area contributed by atoms with Gasteiger partial charge in [-0.05, 0) is 34.4 Å². The molecule has 0 fully saturated rings. The highest BCUT2D eigenvalue weighted by Crippen LogP contribution is 2.45. The fourth-order valence-electron chi connectivity index (χ4n) is 9.64. The van der Waals surface area contributed by atoms with Gasteiger partial charge in [0.05, 0.1) is 33.1 Å². The molecule has 4 heterocycles. The Bertz CT molecular complexity index is 3790. The number of nitrogens with zero attached hydrogens (tertiary/aromatic N) is 5. The third-order valence-corrected chi connectivity index (χ3v) is 12.1. The van der Waals surface area contributed by atoms with Crippen molar-refractivity contribution < 1.29 is 0 Å². The summed E-state index contributed by atoms with van der Waals surface area (Å²) in [6, 6.07) is 67.4. The summed E-state index contributed by atoms with van der Waals surface area (Å²) in [7, 11) is 0. The van der Waals surface area contributed by atoms with Crippen LogP contribution in [0.5, 0.6) is 0 Å². The lowest BCUT2D eigenvalue weighted by atomic mass is 9.95. The zero-order valence-corrected chi connectivity index (χ0v) is 31.1. The molecule has 0 radical (unpaired) electrons. The van der Waals surface area contributed by atoms with E-state index in [1.807, 2.05) is 36.4 Å². The van der Waals surface area contributed by atoms with E-state index < -0.39 is 0 Å². The van der Waals surface area contributed by atoms with E-state index in [9.17, 15) is 0 Å². The number of benzene rings is 9. The Morgan fingerprint density at radius 3 is 1.43 bits per heavy atom. The first-order valence-electron chi connectivity index (χ1n) is 19.7. The first-order valence-corrected chi connectivity index (χ1v) is 19.7. The smallest absolute Gasteiger partial charge is 0.164 e. The van der Waals surface area contributed by atoms with Gasteiger partial charge in [0.25, 0.3) is 0 Å². The Morgan fingerprint density at radius 1 is 0.259 bits per heavy atom. The lowest BCUT2D eigenvalue weighted by molar-refractivity contribution is 1.07. The molecule has 9 aromatic carbocycles. The van der Waals surface area contributed by atoms with E-state index >= 15 is 0 Å². The average molecular weight is 738 g/mol. The lowest BCUT2D eigenvalue weighted by Gasteiger charge is -2.16. The molecule has 0 atom stereocenters. The molecule has 0 saturated carbocycles. The van der Waals surface area contributed by atoms with Crippen molar-refractivity contribution in [2.24, 2.45) is 0 Å². The summed E-state index contributed by atoms with van der Waals surface area (Å²) in [6.07, 6.45) is 0. The number of para-hydroxylation sites is 3. The van der Waals surface area contributed by atoms with Gasteiger partial charge in [0, 0.05) is 54.4 Å². The predicted octanol–water partition coefficient (Wildman–Crippen LogP) is 13.5. The van der Waals surface area contributed by atoms with Crippen molar-refractivity contribution in [1.29, 1.82) is 0 Å². The summed E-state index contributed by atoms with van der Waals surface area (Å²) >= 11 is 0. The van der Waals surface area contributed by atoms with Gasteiger partial charge in [-0.1, -0.05) is 170 Å². The average Bonchev–Trinajstić information content (AvgIpc) is 3.81. The van der Waals surface area contributed by atoms with Crippen LogP contribution in [0.25, 0.3) is 121 Å². The highest BCUT2D eigenvalue weighted by atomic mass is 15.0. The Labute approximate surface area is 331 Å². The molecule has 4 aromatic heterocycles. The molecule has 13 rings (SSSR count). The number of hydrogen-bond donors (Lipinski definition) is 0. The van der Waals surface area contributed by atoms with Crippen LogP contribution >= 0.6 is 0 Å². The van der Waals surface area contributed by atoms with E-state index in [-0.39, 0.29) is 0 Å². The topological polar surface area (TPSA) is 47.5 Å². The molecule has 5 heteroatoms. The molecule has 58 heavy (non-hydrogen) atoms. The molecule has 0 N–H and O–H groups in total. The summed E-state index contributed by atoms with van der Waals surface area (Å²) in [4.78, 5) is 15.3. The van der Waals surface area contributed by atoms with Crippen LogP contribution in [0.4, 0.5) is 0 Å². The molecule has 5 nitrogen and oxygen atoms in total. The molecule has 0 unspecified atom stereocenters. The molecule has 268 valence electrons. The highest BCUT2D eigenvalue weighted by molar-refractivity contribution is 6.34. The van der Waals surface area contributed by atoms with Gasteiger partial charge in [-0.3, -0.25) is 0 Å². The summed E-state index contributed by atoms with van der Waals surface area (Å²) < 4.78 is 5.05. The number of aromatic nitrogens is 5. The zero-order valence-electron chi connectivity index (χ0n) is 31.1. The zero-order chi connectivity index (χ0) is 37.9. The summed E-state index contributed by atoms with van der Waals surface area (Å²) in [5.74, 6) is 1.92. The van der Waals surface area contributed by atoms with Crippen LogP contribution in [0.3, 0.4) is 0 Å². The van der Waals surface area contributed by atoms with Gasteiger partial charge in [-0.2, -0.15) is 0 Å². The summed E-state index contributed by atoms with van der Waals surface area (Å²) in [5.41, 5.74) is 9.81. The van der Waals surface area contributed by atoms with E-state index in [0.717, 1.165) is 27.7 Å². The molecular weight excluding hydrogens is 707 g/mol. The van der Waals surface area contributed by atoms with Crippen LogP contribution in [-0.4, -0.2) is 23.8 Å². The third-order valence-electron chi connectivity index (χ3n) is 12.1. The largest absolute Gasteiger partial charge is 0.306 e. The van der Waals surface area contributed by atoms with Gasteiger partial charge in [0.15, 0.2) is 17.5 Å². The van der Waals surface area contributed by atoms with Crippen LogP contribution in [0.15, 0.2) is 188 Å². The van der Waals surface area contributed by atoms with Crippen LogP contribution in [0, 0.1) is 0 Å². The fourth-order valence-corrected chi connectivity index (χ4v) is 9.64.